The molecule has 0 aromatic carbocycles. The molecular formula is C79H136O17P2. The van der Waals surface area contributed by atoms with Crippen molar-refractivity contribution in [1.82, 2.24) is 0 Å². The lowest BCUT2D eigenvalue weighted by atomic mass is 10.0. The molecule has 564 valence electrons. The number of allylic oxidation sites excluding steroid dienone is 18. The first-order valence-corrected chi connectivity index (χ1v) is 41.1. The lowest BCUT2D eigenvalue weighted by Crippen LogP contribution is -2.30. The van der Waals surface area contributed by atoms with Gasteiger partial charge in [0.15, 0.2) is 12.2 Å². The molecule has 0 heterocycles. The molecule has 0 fully saturated rings. The summed E-state index contributed by atoms with van der Waals surface area (Å²) in [5.41, 5.74) is 0. The summed E-state index contributed by atoms with van der Waals surface area (Å²) in [5.74, 6) is -2.25. The molecule has 0 rings (SSSR count). The lowest BCUT2D eigenvalue weighted by molar-refractivity contribution is -0.161. The number of carbonyl (C=O) groups is 4. The van der Waals surface area contributed by atoms with Crippen LogP contribution in [0.5, 0.6) is 0 Å². The Labute approximate surface area is 594 Å². The van der Waals surface area contributed by atoms with Crippen LogP contribution in [0, 0.1) is 0 Å². The Bertz CT molecular complexity index is 2290. The van der Waals surface area contributed by atoms with Crippen LogP contribution in [0.4, 0.5) is 0 Å². The molecule has 0 amide bonds. The molecule has 0 saturated heterocycles. The normalized spacial score (nSPS) is 14.6. The summed E-state index contributed by atoms with van der Waals surface area (Å²) < 4.78 is 68.4. The predicted molar refractivity (Wildman–Crippen MR) is 399 cm³/mol. The van der Waals surface area contributed by atoms with E-state index in [1.165, 1.54) is 77.0 Å². The smallest absolute Gasteiger partial charge is 0.462 e. The summed E-state index contributed by atoms with van der Waals surface area (Å²) in [6, 6.07) is 0. The van der Waals surface area contributed by atoms with Crippen LogP contribution in [0.15, 0.2) is 109 Å². The van der Waals surface area contributed by atoms with Crippen LogP contribution in [0.25, 0.3) is 0 Å². The number of carbonyl (C=O) groups excluding carboxylic acids is 4. The van der Waals surface area contributed by atoms with Gasteiger partial charge in [-0.05, 0) is 122 Å². The van der Waals surface area contributed by atoms with Crippen molar-refractivity contribution in [3.63, 3.8) is 0 Å². The highest BCUT2D eigenvalue weighted by Crippen LogP contribution is 2.45. The van der Waals surface area contributed by atoms with Gasteiger partial charge in [-0.1, -0.05) is 272 Å². The number of unbranched alkanes of at least 4 members (excludes halogenated alkanes) is 27. The fourth-order valence-corrected chi connectivity index (χ4v) is 11.5. The van der Waals surface area contributed by atoms with Gasteiger partial charge >= 0.3 is 39.5 Å². The highest BCUT2D eigenvalue weighted by molar-refractivity contribution is 7.47. The topological polar surface area (TPSA) is 237 Å². The van der Waals surface area contributed by atoms with Gasteiger partial charge in [0.25, 0.3) is 0 Å². The number of ether oxygens (including phenoxy) is 4. The monoisotopic (exact) mass is 1420 g/mol. The molecule has 0 aliphatic carbocycles. The van der Waals surface area contributed by atoms with Crippen molar-refractivity contribution < 1.29 is 80.2 Å². The molecule has 98 heavy (non-hydrogen) atoms. The lowest BCUT2D eigenvalue weighted by Gasteiger charge is -2.21. The first-order valence-electron chi connectivity index (χ1n) is 38.1. The molecule has 0 aliphatic heterocycles. The third kappa shape index (κ3) is 70.2. The second kappa shape index (κ2) is 71.1. The molecule has 0 bridgehead atoms. The molecule has 0 aromatic heterocycles. The maximum absolute atomic E-state index is 13.1. The van der Waals surface area contributed by atoms with Crippen molar-refractivity contribution in [2.75, 3.05) is 39.6 Å². The zero-order valence-electron chi connectivity index (χ0n) is 61.4. The Morgan fingerprint density at radius 3 is 0.878 bits per heavy atom. The van der Waals surface area contributed by atoms with Crippen LogP contribution < -0.4 is 0 Å². The van der Waals surface area contributed by atoms with E-state index < -0.39 is 97.5 Å². The van der Waals surface area contributed by atoms with Gasteiger partial charge in [0, 0.05) is 25.7 Å². The van der Waals surface area contributed by atoms with Gasteiger partial charge in [0.05, 0.1) is 26.4 Å². The molecule has 0 saturated carbocycles. The Hall–Kier alpha value is -4.28. The average molecular weight is 1420 g/mol. The zero-order valence-corrected chi connectivity index (χ0v) is 63.2. The van der Waals surface area contributed by atoms with Gasteiger partial charge in [-0.15, -0.1) is 0 Å². The molecule has 19 heteroatoms. The molecule has 5 atom stereocenters. The Balaban J connectivity index is 5.37. The minimum Gasteiger partial charge on any atom is -0.462 e. The summed E-state index contributed by atoms with van der Waals surface area (Å²) in [4.78, 5) is 72.8. The molecular weight excluding hydrogens is 1280 g/mol. The van der Waals surface area contributed by atoms with Gasteiger partial charge < -0.3 is 33.8 Å². The summed E-state index contributed by atoms with van der Waals surface area (Å²) in [7, 11) is -9.96. The van der Waals surface area contributed by atoms with Crippen LogP contribution in [0.2, 0.25) is 0 Å². The Morgan fingerprint density at radius 2 is 0.541 bits per heavy atom. The quantitative estimate of drug-likeness (QED) is 0.0169. The van der Waals surface area contributed by atoms with Gasteiger partial charge in [-0.2, -0.15) is 0 Å². The highest BCUT2D eigenvalue weighted by Gasteiger charge is 2.30. The largest absolute Gasteiger partial charge is 0.472 e. The van der Waals surface area contributed by atoms with E-state index in [1.807, 2.05) is 0 Å². The molecule has 17 nitrogen and oxygen atoms in total. The third-order valence-corrected chi connectivity index (χ3v) is 17.6. The number of phosphoric ester groups is 2. The van der Waals surface area contributed by atoms with Crippen LogP contribution in [0.1, 0.15) is 310 Å². The third-order valence-electron chi connectivity index (χ3n) is 15.7. The van der Waals surface area contributed by atoms with Crippen molar-refractivity contribution >= 4 is 39.5 Å². The first kappa shape index (κ1) is 93.7. The van der Waals surface area contributed by atoms with Crippen molar-refractivity contribution in [1.29, 1.82) is 0 Å². The van der Waals surface area contributed by atoms with Gasteiger partial charge in [0.1, 0.15) is 19.3 Å². The Morgan fingerprint density at radius 1 is 0.296 bits per heavy atom. The molecule has 0 spiro atoms. The number of aliphatic hydroxyl groups excluding tert-OH is 1. The van der Waals surface area contributed by atoms with E-state index in [1.54, 1.807) is 0 Å². The number of hydrogen-bond donors (Lipinski definition) is 3. The molecule has 0 radical (unpaired) electrons. The van der Waals surface area contributed by atoms with E-state index in [4.69, 9.17) is 37.0 Å². The molecule has 5 unspecified atom stereocenters. The minimum absolute atomic E-state index is 0.0741. The van der Waals surface area contributed by atoms with Gasteiger partial charge in [-0.25, -0.2) is 9.13 Å². The van der Waals surface area contributed by atoms with Gasteiger partial charge in [-0.3, -0.25) is 37.3 Å². The number of aliphatic hydroxyl groups is 1. The van der Waals surface area contributed by atoms with Crippen molar-refractivity contribution in [2.45, 2.75) is 329 Å². The zero-order chi connectivity index (χ0) is 71.8. The fraction of sp³-hybridized carbons (Fsp3) is 0.722. The van der Waals surface area contributed by atoms with E-state index in [9.17, 15) is 43.2 Å². The summed E-state index contributed by atoms with van der Waals surface area (Å²) >= 11 is 0. The van der Waals surface area contributed by atoms with Crippen molar-refractivity contribution in [3.05, 3.63) is 109 Å². The van der Waals surface area contributed by atoms with E-state index in [0.29, 0.717) is 25.7 Å². The number of rotatable bonds is 71. The Kier molecular flexibility index (Phi) is 68.0. The minimum atomic E-state index is -4.98. The molecule has 3 N–H and O–H groups in total. The fourth-order valence-electron chi connectivity index (χ4n) is 9.95. The second-order valence-electron chi connectivity index (χ2n) is 25.2. The first-order chi connectivity index (χ1) is 47.7. The van der Waals surface area contributed by atoms with E-state index in [2.05, 4.69) is 137 Å². The van der Waals surface area contributed by atoms with E-state index >= 15 is 0 Å². The number of phosphoric acid groups is 2. The van der Waals surface area contributed by atoms with Crippen molar-refractivity contribution in [3.8, 4) is 0 Å². The van der Waals surface area contributed by atoms with Crippen LogP contribution in [-0.4, -0.2) is 96.7 Å². The average Bonchev–Trinajstić information content (AvgIpc) is 0.986. The van der Waals surface area contributed by atoms with Crippen LogP contribution in [-0.2, 0) is 65.4 Å². The van der Waals surface area contributed by atoms with E-state index in [0.717, 1.165) is 154 Å². The predicted octanol–water partition coefficient (Wildman–Crippen LogP) is 21.8. The maximum Gasteiger partial charge on any atom is 0.472 e. The van der Waals surface area contributed by atoms with Gasteiger partial charge in [0.2, 0.25) is 0 Å². The second-order valence-corrected chi connectivity index (χ2v) is 28.1. The van der Waals surface area contributed by atoms with Crippen molar-refractivity contribution in [2.24, 2.45) is 0 Å². The van der Waals surface area contributed by atoms with Crippen LogP contribution >= 0.6 is 15.6 Å². The number of hydrogen-bond acceptors (Lipinski definition) is 15. The summed E-state index contributed by atoms with van der Waals surface area (Å²) in [5, 5.41) is 10.6. The van der Waals surface area contributed by atoms with Crippen LogP contribution in [0.3, 0.4) is 0 Å². The summed E-state index contributed by atoms with van der Waals surface area (Å²) in [6.45, 7) is 4.54. The SMILES string of the molecule is CC/C=C\C/C=C\C/C=C\C/C=C\CCCCCCC(=O)OCC(COP(=O)(O)OCC(O)COP(=O)(O)OCC(COC(=O)CCCC/C=C\C/C=C\C/C=C\C/C=C\CC)OC(=O)CCCCCCC/C=C\CCCC)OC(=O)CCCCCCCCCCCCCCCCC. The maximum atomic E-state index is 13.1. The summed E-state index contributed by atoms with van der Waals surface area (Å²) in [6.07, 6.45) is 75.2. The number of esters is 4. The highest BCUT2D eigenvalue weighted by atomic mass is 31.2. The van der Waals surface area contributed by atoms with E-state index in [-0.39, 0.29) is 25.7 Å². The molecule has 0 aromatic rings. The molecule has 0 aliphatic rings. The standard InChI is InChI=1S/C79H136O17P2/c1-5-9-13-17-21-25-29-32-35-36-39-41-45-48-52-56-60-64-77(82)90-70-75(96-79(84)66-62-58-54-50-46-42-38-34-31-27-23-19-15-11-7-3)72-94-98(87,88)92-68-73(80)67-91-97(85,86)93-71-74(95-78(83)65-61-57-53-49-43-28-24-20-16-12-8-4)69-89-76(81)63-59-55-51-47-44-40-37-33-30-26-22-18-14-10-6-2/h9-10,13-14,20-22,24-26,32-33,35,37,39,41,44,47,73-75,80H,5-8,11-12,15-19,23,27-31,34,36,38,40,42-43,45-46,48-72H2,1-4H3,(H,85,86)(H,87,88)/b13-9-,14-10-,24-20-,25-21-,26-22-,35-32-,37-33-,41-39-,47-44-.